The van der Waals surface area contributed by atoms with Crippen LogP contribution in [0.25, 0.3) is 0 Å². The number of carbonyl (C=O) groups excluding carboxylic acids is 2. The summed E-state index contributed by atoms with van der Waals surface area (Å²) < 4.78 is 5.73. The number of nitrogens with zero attached hydrogens (tertiary/aromatic N) is 3. The third-order valence-corrected chi connectivity index (χ3v) is 7.00. The number of benzene rings is 2. The van der Waals surface area contributed by atoms with Crippen LogP contribution in [-0.2, 0) is 22.7 Å². The fraction of sp³-hybridized carbons (Fsp3) is 0.500. The second-order valence-electron chi connectivity index (χ2n) is 10.1. The van der Waals surface area contributed by atoms with Crippen molar-refractivity contribution >= 4 is 12.0 Å². The van der Waals surface area contributed by atoms with Crippen molar-refractivity contribution < 1.29 is 14.3 Å². The van der Waals surface area contributed by atoms with E-state index < -0.39 is 12.1 Å². The highest BCUT2D eigenvalue weighted by molar-refractivity contribution is 5.92. The van der Waals surface area contributed by atoms with Crippen LogP contribution in [0.3, 0.4) is 0 Å². The largest absolute Gasteiger partial charge is 0.445 e. The SMILES string of the molecule is CC(C)C[C@@H]1[C@@H](N(Cc2ccccc2)C(=O)OCc2ccccc2)C(=O)N1N1[C@H](C)CC[C@H]1C. The van der Waals surface area contributed by atoms with Gasteiger partial charge in [-0.15, -0.1) is 0 Å². The van der Waals surface area contributed by atoms with E-state index in [4.69, 9.17) is 4.74 Å². The molecular weight excluding hydrogens is 426 g/mol. The maximum Gasteiger partial charge on any atom is 0.411 e. The van der Waals surface area contributed by atoms with Gasteiger partial charge in [0.05, 0.1) is 6.04 Å². The van der Waals surface area contributed by atoms with Crippen molar-refractivity contribution in [1.29, 1.82) is 0 Å². The van der Waals surface area contributed by atoms with Gasteiger partial charge < -0.3 is 4.74 Å². The Bertz CT molecular complexity index is 955. The van der Waals surface area contributed by atoms with Crippen LogP contribution in [0.5, 0.6) is 0 Å². The van der Waals surface area contributed by atoms with Crippen molar-refractivity contribution in [2.75, 3.05) is 0 Å². The third kappa shape index (κ3) is 5.12. The molecule has 2 aromatic carbocycles. The molecule has 0 spiro atoms. The van der Waals surface area contributed by atoms with Gasteiger partial charge in [0.1, 0.15) is 12.6 Å². The van der Waals surface area contributed by atoms with E-state index in [-0.39, 0.29) is 18.6 Å². The van der Waals surface area contributed by atoms with Gasteiger partial charge in [0.25, 0.3) is 5.91 Å². The van der Waals surface area contributed by atoms with Gasteiger partial charge >= 0.3 is 6.09 Å². The molecule has 2 saturated heterocycles. The van der Waals surface area contributed by atoms with E-state index in [2.05, 4.69) is 32.7 Å². The van der Waals surface area contributed by atoms with Gasteiger partial charge in [-0.25, -0.2) is 9.80 Å². The van der Waals surface area contributed by atoms with Crippen LogP contribution in [0.15, 0.2) is 60.7 Å². The highest BCUT2D eigenvalue weighted by Gasteiger charge is 2.56. The number of hydrazine groups is 1. The number of hydrogen-bond acceptors (Lipinski definition) is 4. The normalized spacial score (nSPS) is 24.9. The average molecular weight is 464 g/mol. The van der Waals surface area contributed by atoms with Gasteiger partial charge in [-0.3, -0.25) is 14.7 Å². The molecule has 0 unspecified atom stereocenters. The Morgan fingerprint density at radius 3 is 2.09 bits per heavy atom. The van der Waals surface area contributed by atoms with E-state index >= 15 is 0 Å². The summed E-state index contributed by atoms with van der Waals surface area (Å²) in [6, 6.07) is 19.6. The maximum atomic E-state index is 13.7. The predicted octanol–water partition coefficient (Wildman–Crippen LogP) is 5.24. The average Bonchev–Trinajstić information content (AvgIpc) is 3.15. The molecule has 2 aliphatic heterocycles. The van der Waals surface area contributed by atoms with E-state index in [9.17, 15) is 9.59 Å². The molecule has 4 atom stereocenters. The second kappa shape index (κ2) is 10.6. The molecule has 0 aromatic heterocycles. The molecule has 0 N–H and O–H groups in total. The Morgan fingerprint density at radius 1 is 0.971 bits per heavy atom. The van der Waals surface area contributed by atoms with E-state index in [1.165, 1.54) is 0 Å². The van der Waals surface area contributed by atoms with Gasteiger partial charge in [0.2, 0.25) is 0 Å². The highest BCUT2D eigenvalue weighted by Crippen LogP contribution is 2.38. The molecule has 2 heterocycles. The van der Waals surface area contributed by atoms with E-state index in [1.807, 2.05) is 65.7 Å². The van der Waals surface area contributed by atoms with Crippen LogP contribution in [0.2, 0.25) is 0 Å². The van der Waals surface area contributed by atoms with Gasteiger partial charge in [0.15, 0.2) is 0 Å². The Hall–Kier alpha value is -2.86. The van der Waals surface area contributed by atoms with Crippen LogP contribution in [0, 0.1) is 5.92 Å². The summed E-state index contributed by atoms with van der Waals surface area (Å²) in [6.07, 6.45) is 2.55. The minimum absolute atomic E-state index is 0.00107. The maximum absolute atomic E-state index is 13.7. The van der Waals surface area contributed by atoms with Crippen LogP contribution in [0.4, 0.5) is 4.79 Å². The summed E-state index contributed by atoms with van der Waals surface area (Å²) in [7, 11) is 0. The molecule has 0 aliphatic carbocycles. The van der Waals surface area contributed by atoms with Gasteiger partial charge in [-0.05, 0) is 50.2 Å². The lowest BCUT2D eigenvalue weighted by Crippen LogP contribution is -2.76. The molecule has 0 radical (unpaired) electrons. The smallest absolute Gasteiger partial charge is 0.411 e. The minimum Gasteiger partial charge on any atom is -0.445 e. The molecule has 6 heteroatoms. The van der Waals surface area contributed by atoms with Crippen molar-refractivity contribution in [3.63, 3.8) is 0 Å². The molecule has 4 rings (SSSR count). The molecule has 0 bridgehead atoms. The van der Waals surface area contributed by atoms with E-state index in [1.54, 1.807) is 4.90 Å². The molecule has 2 aromatic rings. The van der Waals surface area contributed by atoms with Gasteiger partial charge in [-0.2, -0.15) is 0 Å². The molecule has 2 amide bonds. The summed E-state index contributed by atoms with van der Waals surface area (Å²) in [6.45, 7) is 9.25. The predicted molar refractivity (Wildman–Crippen MR) is 132 cm³/mol. The van der Waals surface area contributed by atoms with Crippen molar-refractivity contribution in [3.8, 4) is 0 Å². The van der Waals surface area contributed by atoms with Crippen molar-refractivity contribution in [2.45, 2.75) is 84.3 Å². The highest BCUT2D eigenvalue weighted by atomic mass is 16.6. The molecule has 0 saturated carbocycles. The van der Waals surface area contributed by atoms with Crippen LogP contribution < -0.4 is 0 Å². The van der Waals surface area contributed by atoms with Crippen LogP contribution in [0.1, 0.15) is 58.1 Å². The summed E-state index contributed by atoms with van der Waals surface area (Å²) in [4.78, 5) is 28.7. The first kappa shape index (κ1) is 24.3. The Labute approximate surface area is 203 Å². The minimum atomic E-state index is -0.522. The molecule has 2 fully saturated rings. The lowest BCUT2D eigenvalue weighted by molar-refractivity contribution is -0.202. The first-order valence-corrected chi connectivity index (χ1v) is 12.5. The first-order valence-electron chi connectivity index (χ1n) is 12.5. The number of carbonyl (C=O) groups is 2. The zero-order valence-electron chi connectivity index (χ0n) is 20.8. The summed E-state index contributed by atoms with van der Waals surface area (Å²) in [5.74, 6) is 0.397. The standard InChI is InChI=1S/C28H37N3O3/c1-20(2)17-25-26(27(32)31(25)30-21(3)15-16-22(30)4)29(18-23-11-7-5-8-12-23)28(33)34-19-24-13-9-6-10-14-24/h5-14,20-22,25-26H,15-19H2,1-4H3/t21-,22-,25-,26-/m1/s1. The lowest BCUT2D eigenvalue weighted by atomic mass is 9.87. The summed E-state index contributed by atoms with van der Waals surface area (Å²) in [5, 5.41) is 4.21. The second-order valence-corrected chi connectivity index (χ2v) is 10.1. The van der Waals surface area contributed by atoms with Gasteiger partial charge in [-0.1, -0.05) is 74.5 Å². The summed E-state index contributed by atoms with van der Waals surface area (Å²) in [5.41, 5.74) is 1.91. The number of ether oxygens (including phenoxy) is 1. The monoisotopic (exact) mass is 463 g/mol. The van der Waals surface area contributed by atoms with Crippen LogP contribution >= 0.6 is 0 Å². The molecular formula is C28H37N3O3. The number of rotatable bonds is 8. The Morgan fingerprint density at radius 2 is 1.53 bits per heavy atom. The van der Waals surface area contributed by atoms with Crippen molar-refractivity contribution in [3.05, 3.63) is 71.8 Å². The molecule has 34 heavy (non-hydrogen) atoms. The molecule has 6 nitrogen and oxygen atoms in total. The van der Waals surface area contributed by atoms with Crippen molar-refractivity contribution in [2.24, 2.45) is 5.92 Å². The van der Waals surface area contributed by atoms with Gasteiger partial charge in [0, 0.05) is 18.6 Å². The number of β-lactam (4-membered cyclic amide) rings is 1. The van der Waals surface area contributed by atoms with E-state index in [0.717, 1.165) is 30.4 Å². The Balaban J connectivity index is 1.59. The quantitative estimate of drug-likeness (QED) is 0.503. The zero-order chi connectivity index (χ0) is 24.2. The lowest BCUT2D eigenvalue weighted by Gasteiger charge is -2.56. The molecule has 2 aliphatic rings. The number of amides is 2. The zero-order valence-corrected chi connectivity index (χ0v) is 20.8. The third-order valence-electron chi connectivity index (χ3n) is 7.00. The first-order chi connectivity index (χ1) is 16.4. The molecule has 182 valence electrons. The number of hydrogen-bond donors (Lipinski definition) is 0. The topological polar surface area (TPSA) is 53.1 Å². The van der Waals surface area contributed by atoms with Crippen LogP contribution in [-0.4, -0.2) is 51.1 Å². The Kier molecular flexibility index (Phi) is 7.57. The fourth-order valence-corrected chi connectivity index (χ4v) is 5.32. The van der Waals surface area contributed by atoms with E-state index in [0.29, 0.717) is 24.5 Å². The fourth-order valence-electron chi connectivity index (χ4n) is 5.32. The van der Waals surface area contributed by atoms with Crippen molar-refractivity contribution in [1.82, 2.24) is 14.9 Å². The summed E-state index contributed by atoms with van der Waals surface area (Å²) >= 11 is 0.